The summed E-state index contributed by atoms with van der Waals surface area (Å²) in [7, 11) is -3.13. The van der Waals surface area contributed by atoms with E-state index in [0.29, 0.717) is 25.9 Å². The Morgan fingerprint density at radius 2 is 1.92 bits per heavy atom. The van der Waals surface area contributed by atoms with Gasteiger partial charge in [0.15, 0.2) is 0 Å². The lowest BCUT2D eigenvalue weighted by atomic mass is 9.95. The number of aliphatic hydroxyl groups is 1. The number of alkyl halides is 1. The molecule has 0 unspecified atom stereocenters. The molecule has 0 radical (unpaired) electrons. The minimum atomic E-state index is -3.13. The standard InChI is InChI=1S/C7H14BrNO3S/c1-7(10)2-4-9(5-3-7)13(11,12)6-8/h10H,2-6H2,1H3. The van der Waals surface area contributed by atoms with Crippen molar-refractivity contribution < 1.29 is 13.5 Å². The van der Waals surface area contributed by atoms with Gasteiger partial charge < -0.3 is 5.11 Å². The first kappa shape index (κ1) is 11.4. The number of piperidine rings is 1. The van der Waals surface area contributed by atoms with E-state index in [1.165, 1.54) is 4.31 Å². The molecule has 1 rings (SSSR count). The molecule has 6 heteroatoms. The number of nitrogens with zero attached hydrogens (tertiary/aromatic N) is 1. The normalized spacial score (nSPS) is 24.5. The Hall–Kier alpha value is 0.350. The van der Waals surface area contributed by atoms with Crippen LogP contribution in [0.3, 0.4) is 0 Å². The number of sulfonamides is 1. The molecule has 78 valence electrons. The van der Waals surface area contributed by atoms with Gasteiger partial charge in [-0.3, -0.25) is 0 Å². The van der Waals surface area contributed by atoms with E-state index in [9.17, 15) is 13.5 Å². The zero-order valence-electron chi connectivity index (χ0n) is 7.53. The molecule has 0 aromatic heterocycles. The summed E-state index contributed by atoms with van der Waals surface area (Å²) < 4.78 is 24.1. The second-order valence-corrected chi connectivity index (χ2v) is 6.89. The number of rotatable bonds is 2. The first-order valence-corrected chi connectivity index (χ1v) is 6.87. The average molecular weight is 272 g/mol. The summed E-state index contributed by atoms with van der Waals surface area (Å²) in [5.74, 6) is 0. The number of hydrogen-bond acceptors (Lipinski definition) is 3. The minimum absolute atomic E-state index is 0.0395. The maximum absolute atomic E-state index is 11.4. The van der Waals surface area contributed by atoms with Gasteiger partial charge in [-0.05, 0) is 19.8 Å². The SMILES string of the molecule is CC1(O)CCN(S(=O)(=O)CBr)CC1. The average Bonchev–Trinajstić information content (AvgIpc) is 2.04. The van der Waals surface area contributed by atoms with E-state index in [0.717, 1.165) is 0 Å². The van der Waals surface area contributed by atoms with Gasteiger partial charge in [-0.2, -0.15) is 0 Å². The molecule has 0 aromatic carbocycles. The lowest BCUT2D eigenvalue weighted by Gasteiger charge is -2.34. The quantitative estimate of drug-likeness (QED) is 0.745. The van der Waals surface area contributed by atoms with Crippen molar-refractivity contribution >= 4 is 26.0 Å². The first-order valence-electron chi connectivity index (χ1n) is 4.14. The van der Waals surface area contributed by atoms with Crippen molar-refractivity contribution in [1.82, 2.24) is 4.31 Å². The van der Waals surface area contributed by atoms with Crippen LogP contribution in [0.4, 0.5) is 0 Å². The topological polar surface area (TPSA) is 57.6 Å². The summed E-state index contributed by atoms with van der Waals surface area (Å²) in [5, 5.41) is 9.60. The van der Waals surface area contributed by atoms with Gasteiger partial charge in [0.05, 0.1) is 5.60 Å². The van der Waals surface area contributed by atoms with Gasteiger partial charge in [-0.15, -0.1) is 0 Å². The zero-order valence-corrected chi connectivity index (χ0v) is 9.94. The van der Waals surface area contributed by atoms with Crippen LogP contribution in [0.5, 0.6) is 0 Å². The molecule has 0 aliphatic carbocycles. The van der Waals surface area contributed by atoms with Crippen molar-refractivity contribution in [2.45, 2.75) is 25.4 Å². The van der Waals surface area contributed by atoms with Gasteiger partial charge in [-0.25, -0.2) is 12.7 Å². The van der Waals surface area contributed by atoms with Crippen LogP contribution in [0, 0.1) is 0 Å². The lowest BCUT2D eigenvalue weighted by Crippen LogP contribution is -2.45. The highest BCUT2D eigenvalue weighted by Crippen LogP contribution is 2.23. The molecule has 4 nitrogen and oxygen atoms in total. The Labute approximate surface area is 87.1 Å². The molecule has 0 atom stereocenters. The molecular formula is C7H14BrNO3S. The molecule has 1 heterocycles. The fourth-order valence-corrected chi connectivity index (χ4v) is 3.06. The van der Waals surface area contributed by atoms with Crippen LogP contribution < -0.4 is 0 Å². The van der Waals surface area contributed by atoms with Crippen LogP contribution in [0.25, 0.3) is 0 Å². The van der Waals surface area contributed by atoms with Crippen molar-refractivity contribution in [2.75, 3.05) is 17.8 Å². The van der Waals surface area contributed by atoms with Crippen LogP contribution in [-0.2, 0) is 10.0 Å². The van der Waals surface area contributed by atoms with Crippen molar-refractivity contribution in [3.63, 3.8) is 0 Å². The monoisotopic (exact) mass is 271 g/mol. The predicted molar refractivity (Wildman–Crippen MR) is 54.1 cm³/mol. The smallest absolute Gasteiger partial charge is 0.224 e. The van der Waals surface area contributed by atoms with Gasteiger partial charge in [0, 0.05) is 13.1 Å². The Morgan fingerprint density at radius 3 is 2.31 bits per heavy atom. The predicted octanol–water partition coefficient (Wildman–Crippen LogP) is 0.515. The Kier molecular flexibility index (Phi) is 3.38. The Bertz CT molecular complexity index is 265. The molecule has 1 aliphatic rings. The highest BCUT2D eigenvalue weighted by Gasteiger charge is 2.32. The summed E-state index contributed by atoms with van der Waals surface area (Å²) in [6.45, 7) is 2.58. The van der Waals surface area contributed by atoms with Crippen LogP contribution in [0.2, 0.25) is 0 Å². The van der Waals surface area contributed by atoms with E-state index >= 15 is 0 Å². The Balaban J connectivity index is 2.61. The second-order valence-electron chi connectivity index (χ2n) is 3.62. The highest BCUT2D eigenvalue weighted by atomic mass is 79.9. The summed E-state index contributed by atoms with van der Waals surface area (Å²) >= 11 is 2.94. The fraction of sp³-hybridized carbons (Fsp3) is 1.00. The van der Waals surface area contributed by atoms with E-state index in [1.807, 2.05) is 0 Å². The van der Waals surface area contributed by atoms with Crippen LogP contribution in [0.1, 0.15) is 19.8 Å². The van der Waals surface area contributed by atoms with Gasteiger partial charge in [0.1, 0.15) is 4.66 Å². The number of hydrogen-bond donors (Lipinski definition) is 1. The first-order chi connectivity index (χ1) is 5.87. The molecule has 1 saturated heterocycles. The van der Waals surface area contributed by atoms with Gasteiger partial charge in [-0.1, -0.05) is 15.9 Å². The fourth-order valence-electron chi connectivity index (χ4n) is 1.32. The molecule has 1 aliphatic heterocycles. The summed E-state index contributed by atoms with van der Waals surface area (Å²) in [4.78, 5) is 0. The molecule has 0 saturated carbocycles. The molecule has 13 heavy (non-hydrogen) atoms. The lowest BCUT2D eigenvalue weighted by molar-refractivity contribution is 0.0127. The second kappa shape index (κ2) is 3.84. The third-order valence-corrected chi connectivity index (χ3v) is 5.49. The summed E-state index contributed by atoms with van der Waals surface area (Å²) in [6.07, 6.45) is 1.03. The van der Waals surface area contributed by atoms with E-state index in [-0.39, 0.29) is 4.66 Å². The van der Waals surface area contributed by atoms with E-state index < -0.39 is 15.6 Å². The third kappa shape index (κ3) is 2.90. The van der Waals surface area contributed by atoms with Crippen molar-refractivity contribution in [2.24, 2.45) is 0 Å². The number of halogens is 1. The highest BCUT2D eigenvalue weighted by molar-refractivity contribution is 9.10. The van der Waals surface area contributed by atoms with Crippen LogP contribution in [-0.4, -0.2) is 41.2 Å². The van der Waals surface area contributed by atoms with Crippen molar-refractivity contribution in [3.05, 3.63) is 0 Å². The van der Waals surface area contributed by atoms with E-state index in [1.54, 1.807) is 6.92 Å². The molecule has 0 bridgehead atoms. The maximum atomic E-state index is 11.4. The van der Waals surface area contributed by atoms with E-state index in [4.69, 9.17) is 0 Å². The van der Waals surface area contributed by atoms with Crippen molar-refractivity contribution in [3.8, 4) is 0 Å². The molecule has 0 amide bonds. The van der Waals surface area contributed by atoms with Crippen molar-refractivity contribution in [1.29, 1.82) is 0 Å². The van der Waals surface area contributed by atoms with Gasteiger partial charge in [0.2, 0.25) is 10.0 Å². The summed E-state index contributed by atoms with van der Waals surface area (Å²) in [5.41, 5.74) is -0.696. The summed E-state index contributed by atoms with van der Waals surface area (Å²) in [6, 6.07) is 0. The van der Waals surface area contributed by atoms with Crippen LogP contribution in [0.15, 0.2) is 0 Å². The van der Waals surface area contributed by atoms with Gasteiger partial charge in [0.25, 0.3) is 0 Å². The maximum Gasteiger partial charge on any atom is 0.224 e. The molecule has 0 spiro atoms. The third-order valence-electron chi connectivity index (χ3n) is 2.33. The van der Waals surface area contributed by atoms with Crippen LogP contribution >= 0.6 is 15.9 Å². The minimum Gasteiger partial charge on any atom is -0.390 e. The molecule has 1 fully saturated rings. The van der Waals surface area contributed by atoms with E-state index in [2.05, 4.69) is 15.9 Å². The largest absolute Gasteiger partial charge is 0.390 e. The van der Waals surface area contributed by atoms with Gasteiger partial charge >= 0.3 is 0 Å². The molecular weight excluding hydrogens is 258 g/mol. The molecule has 1 N–H and O–H groups in total. The molecule has 0 aromatic rings. The Morgan fingerprint density at radius 1 is 1.46 bits per heavy atom. The zero-order chi connectivity index (χ0) is 10.1.